The Bertz CT molecular complexity index is 452. The Balaban J connectivity index is 2.52. The lowest BCUT2D eigenvalue weighted by Gasteiger charge is -2.07. The molecular formula is C10H11ClN2O. The largest absolute Gasteiger partial charge is 0.396 e. The fourth-order valence-electron chi connectivity index (χ4n) is 1.41. The van der Waals surface area contributed by atoms with Crippen LogP contribution in [0.4, 0.5) is 0 Å². The molecule has 0 saturated carbocycles. The number of aromatic amines is 1. The summed E-state index contributed by atoms with van der Waals surface area (Å²) in [5, 5.41) is 17.3. The van der Waals surface area contributed by atoms with E-state index in [0.717, 1.165) is 16.5 Å². The highest BCUT2D eigenvalue weighted by atomic mass is 35.5. The van der Waals surface area contributed by atoms with E-state index in [9.17, 15) is 0 Å². The molecule has 1 atom stereocenters. The van der Waals surface area contributed by atoms with E-state index in [1.54, 1.807) is 0 Å². The molecule has 1 aromatic heterocycles. The summed E-state index contributed by atoms with van der Waals surface area (Å²) in [7, 11) is 0. The van der Waals surface area contributed by atoms with Crippen LogP contribution in [-0.2, 0) is 0 Å². The van der Waals surface area contributed by atoms with Crippen LogP contribution in [0.2, 0.25) is 5.15 Å². The number of aromatic nitrogens is 2. The molecule has 0 aliphatic rings. The molecule has 0 amide bonds. The van der Waals surface area contributed by atoms with Crippen LogP contribution in [0.25, 0.3) is 10.9 Å². The van der Waals surface area contributed by atoms with E-state index in [0.29, 0.717) is 5.15 Å². The fourth-order valence-corrected chi connectivity index (χ4v) is 1.61. The molecule has 2 rings (SSSR count). The molecule has 2 aromatic rings. The van der Waals surface area contributed by atoms with E-state index < -0.39 is 0 Å². The maximum absolute atomic E-state index is 9.01. The summed E-state index contributed by atoms with van der Waals surface area (Å²) >= 11 is 5.87. The molecular weight excluding hydrogens is 200 g/mol. The van der Waals surface area contributed by atoms with Gasteiger partial charge in [0, 0.05) is 17.9 Å². The van der Waals surface area contributed by atoms with E-state index in [1.807, 2.05) is 25.1 Å². The first-order valence-electron chi connectivity index (χ1n) is 4.46. The van der Waals surface area contributed by atoms with Crippen molar-refractivity contribution in [2.45, 2.75) is 12.8 Å². The topological polar surface area (TPSA) is 48.9 Å². The number of hydrogen-bond acceptors (Lipinski definition) is 2. The Morgan fingerprint density at radius 3 is 3.07 bits per heavy atom. The second-order valence-electron chi connectivity index (χ2n) is 3.40. The first-order chi connectivity index (χ1) is 6.72. The van der Waals surface area contributed by atoms with Gasteiger partial charge < -0.3 is 5.11 Å². The van der Waals surface area contributed by atoms with Crippen LogP contribution in [0.15, 0.2) is 18.2 Å². The molecule has 14 heavy (non-hydrogen) atoms. The fraction of sp³-hybridized carbons (Fsp3) is 0.300. The second-order valence-corrected chi connectivity index (χ2v) is 3.78. The standard InChI is InChI=1S/C10H11ClN2O/c1-6(5-14)7-2-3-8-9(4-7)12-13-10(8)11/h2-4,6,14H,5H2,1H3,(H,12,13). The van der Waals surface area contributed by atoms with Gasteiger partial charge in [-0.15, -0.1) is 0 Å². The Morgan fingerprint density at radius 1 is 1.57 bits per heavy atom. The second kappa shape index (κ2) is 3.59. The third kappa shape index (κ3) is 1.49. The lowest BCUT2D eigenvalue weighted by Crippen LogP contribution is -1.98. The summed E-state index contributed by atoms with van der Waals surface area (Å²) in [5.74, 6) is 0.134. The Morgan fingerprint density at radius 2 is 2.36 bits per heavy atom. The monoisotopic (exact) mass is 210 g/mol. The van der Waals surface area contributed by atoms with Gasteiger partial charge in [0.2, 0.25) is 0 Å². The Hall–Kier alpha value is -1.06. The number of nitrogens with one attached hydrogen (secondary N) is 1. The highest BCUT2D eigenvalue weighted by Gasteiger charge is 2.07. The van der Waals surface area contributed by atoms with Crippen molar-refractivity contribution in [2.75, 3.05) is 6.61 Å². The number of hydrogen-bond donors (Lipinski definition) is 2. The predicted octanol–water partition coefficient (Wildman–Crippen LogP) is 2.31. The van der Waals surface area contributed by atoms with Gasteiger partial charge in [-0.25, -0.2) is 0 Å². The van der Waals surface area contributed by atoms with Crippen molar-refractivity contribution < 1.29 is 5.11 Å². The van der Waals surface area contributed by atoms with Crippen LogP contribution >= 0.6 is 11.6 Å². The van der Waals surface area contributed by atoms with E-state index in [4.69, 9.17) is 16.7 Å². The molecule has 1 aromatic carbocycles. The summed E-state index contributed by atoms with van der Waals surface area (Å²) < 4.78 is 0. The quantitative estimate of drug-likeness (QED) is 0.799. The number of rotatable bonds is 2. The Labute approximate surface area is 86.7 Å². The van der Waals surface area contributed by atoms with Crippen molar-refractivity contribution in [3.05, 3.63) is 28.9 Å². The average molecular weight is 211 g/mol. The lowest BCUT2D eigenvalue weighted by atomic mass is 10.0. The number of H-pyrrole nitrogens is 1. The number of aliphatic hydroxyl groups is 1. The predicted molar refractivity (Wildman–Crippen MR) is 56.6 cm³/mol. The normalized spacial score (nSPS) is 13.4. The Kier molecular flexibility index (Phi) is 2.44. The highest BCUT2D eigenvalue weighted by Crippen LogP contribution is 2.24. The van der Waals surface area contributed by atoms with E-state index in [1.165, 1.54) is 0 Å². The van der Waals surface area contributed by atoms with Gasteiger partial charge >= 0.3 is 0 Å². The van der Waals surface area contributed by atoms with Crippen molar-refractivity contribution >= 4 is 22.5 Å². The third-order valence-corrected chi connectivity index (χ3v) is 2.66. The summed E-state index contributed by atoms with van der Waals surface area (Å²) in [5.41, 5.74) is 1.91. The smallest absolute Gasteiger partial charge is 0.132 e. The minimum Gasteiger partial charge on any atom is -0.396 e. The number of aliphatic hydroxyl groups excluding tert-OH is 1. The summed E-state index contributed by atoms with van der Waals surface area (Å²) in [6.45, 7) is 2.11. The first-order valence-corrected chi connectivity index (χ1v) is 4.84. The van der Waals surface area contributed by atoms with Gasteiger partial charge in [-0.1, -0.05) is 24.6 Å². The molecule has 2 N–H and O–H groups in total. The van der Waals surface area contributed by atoms with Gasteiger partial charge in [0.15, 0.2) is 0 Å². The van der Waals surface area contributed by atoms with Crippen LogP contribution in [-0.4, -0.2) is 21.9 Å². The lowest BCUT2D eigenvalue weighted by molar-refractivity contribution is 0.273. The number of nitrogens with zero attached hydrogens (tertiary/aromatic N) is 1. The highest BCUT2D eigenvalue weighted by molar-refractivity contribution is 6.34. The van der Waals surface area contributed by atoms with Crippen molar-refractivity contribution in [1.29, 1.82) is 0 Å². The third-order valence-electron chi connectivity index (χ3n) is 2.38. The maximum Gasteiger partial charge on any atom is 0.132 e. The molecule has 0 bridgehead atoms. The van der Waals surface area contributed by atoms with Crippen LogP contribution in [0.5, 0.6) is 0 Å². The van der Waals surface area contributed by atoms with Crippen LogP contribution < -0.4 is 0 Å². The zero-order valence-corrected chi connectivity index (χ0v) is 8.54. The number of benzene rings is 1. The van der Waals surface area contributed by atoms with E-state index in [2.05, 4.69) is 10.2 Å². The molecule has 0 spiro atoms. The van der Waals surface area contributed by atoms with Crippen LogP contribution in [0.3, 0.4) is 0 Å². The summed E-state index contributed by atoms with van der Waals surface area (Å²) in [6.07, 6.45) is 0. The van der Waals surface area contributed by atoms with Gasteiger partial charge in [-0.3, -0.25) is 5.10 Å². The number of fused-ring (bicyclic) bond motifs is 1. The SMILES string of the molecule is CC(CO)c1ccc2c(Cl)[nH]nc2c1. The molecule has 1 heterocycles. The molecule has 74 valence electrons. The molecule has 0 aliphatic heterocycles. The molecule has 3 nitrogen and oxygen atoms in total. The first kappa shape index (κ1) is 9.49. The maximum atomic E-state index is 9.01. The van der Waals surface area contributed by atoms with Crippen LogP contribution in [0.1, 0.15) is 18.4 Å². The van der Waals surface area contributed by atoms with Crippen LogP contribution in [0, 0.1) is 0 Å². The molecule has 0 aliphatic carbocycles. The van der Waals surface area contributed by atoms with Crippen molar-refractivity contribution in [2.24, 2.45) is 0 Å². The number of halogens is 1. The molecule has 0 fully saturated rings. The minimum atomic E-state index is 0.134. The average Bonchev–Trinajstić information content (AvgIpc) is 2.59. The summed E-state index contributed by atoms with van der Waals surface area (Å²) in [6, 6.07) is 5.83. The van der Waals surface area contributed by atoms with E-state index in [-0.39, 0.29) is 12.5 Å². The molecule has 1 unspecified atom stereocenters. The van der Waals surface area contributed by atoms with Gasteiger partial charge in [-0.2, -0.15) is 5.10 Å². The van der Waals surface area contributed by atoms with Gasteiger partial charge in [0.25, 0.3) is 0 Å². The van der Waals surface area contributed by atoms with Crippen molar-refractivity contribution in [1.82, 2.24) is 10.2 Å². The van der Waals surface area contributed by atoms with Crippen molar-refractivity contribution in [3.63, 3.8) is 0 Å². The zero-order valence-electron chi connectivity index (χ0n) is 7.79. The van der Waals surface area contributed by atoms with Gasteiger partial charge in [0.1, 0.15) is 5.15 Å². The van der Waals surface area contributed by atoms with Crippen molar-refractivity contribution in [3.8, 4) is 0 Å². The molecule has 0 radical (unpaired) electrons. The van der Waals surface area contributed by atoms with Gasteiger partial charge in [0.05, 0.1) is 5.52 Å². The molecule has 0 saturated heterocycles. The summed E-state index contributed by atoms with van der Waals surface area (Å²) in [4.78, 5) is 0. The zero-order chi connectivity index (χ0) is 10.1. The molecule has 4 heteroatoms. The van der Waals surface area contributed by atoms with Gasteiger partial charge in [-0.05, 0) is 17.7 Å². The van der Waals surface area contributed by atoms with E-state index >= 15 is 0 Å². The minimum absolute atomic E-state index is 0.134.